The van der Waals surface area contributed by atoms with Crippen molar-refractivity contribution in [1.29, 1.82) is 0 Å². The number of ether oxygens (including phenoxy) is 2. The molecular formula is C16H18F3NO4. The van der Waals surface area contributed by atoms with E-state index in [4.69, 9.17) is 4.74 Å². The van der Waals surface area contributed by atoms with Crippen LogP contribution in [0, 0.1) is 0 Å². The molecule has 0 aliphatic heterocycles. The smallest absolute Gasteiger partial charge is 0.449 e. The summed E-state index contributed by atoms with van der Waals surface area (Å²) < 4.78 is 45.0. The molecule has 132 valence electrons. The first kappa shape index (κ1) is 18.1. The summed E-state index contributed by atoms with van der Waals surface area (Å²) in [4.78, 5) is 23.9. The molecule has 24 heavy (non-hydrogen) atoms. The van der Waals surface area contributed by atoms with E-state index < -0.39 is 24.2 Å². The van der Waals surface area contributed by atoms with Gasteiger partial charge in [0.05, 0.1) is 5.56 Å². The highest BCUT2D eigenvalue weighted by Gasteiger charge is 2.31. The van der Waals surface area contributed by atoms with E-state index >= 15 is 0 Å². The Kier molecular flexibility index (Phi) is 5.69. The normalized spacial score (nSPS) is 16.5. The molecule has 0 saturated heterocycles. The Balaban J connectivity index is 1.87. The first-order valence-corrected chi connectivity index (χ1v) is 7.62. The lowest BCUT2D eigenvalue weighted by molar-refractivity contribution is -0.274. The first-order chi connectivity index (χ1) is 11.2. The van der Waals surface area contributed by atoms with Crippen LogP contribution in [0.3, 0.4) is 0 Å². The number of amides is 1. The van der Waals surface area contributed by atoms with Crippen molar-refractivity contribution in [1.82, 2.24) is 5.32 Å². The molecule has 1 fully saturated rings. The Morgan fingerprint density at radius 1 is 1.17 bits per heavy atom. The lowest BCUT2D eigenvalue weighted by Crippen LogP contribution is -2.40. The summed E-state index contributed by atoms with van der Waals surface area (Å²) in [6.45, 7) is 1.45. The van der Waals surface area contributed by atoms with E-state index in [1.54, 1.807) is 0 Å². The summed E-state index contributed by atoms with van der Waals surface area (Å²) >= 11 is 0. The molecule has 0 aromatic heterocycles. The largest absolute Gasteiger partial charge is 0.573 e. The van der Waals surface area contributed by atoms with Crippen LogP contribution in [-0.4, -0.2) is 30.4 Å². The van der Waals surface area contributed by atoms with Crippen molar-refractivity contribution >= 4 is 11.9 Å². The lowest BCUT2D eigenvalue weighted by atomic mass is 10.2. The van der Waals surface area contributed by atoms with Gasteiger partial charge in [-0.25, -0.2) is 4.79 Å². The van der Waals surface area contributed by atoms with Crippen LogP contribution < -0.4 is 10.1 Å². The van der Waals surface area contributed by atoms with E-state index in [0.717, 1.165) is 49.9 Å². The second-order valence-electron chi connectivity index (χ2n) is 5.61. The Labute approximate surface area is 137 Å². The standard InChI is InChI=1S/C16H18F3NO4/c1-10(14(21)20-12-4-2-3-5-12)23-15(22)11-6-8-13(9-7-11)24-16(17,18)19/h6-10,12H,2-5H2,1H3,(H,20,21). The van der Waals surface area contributed by atoms with Gasteiger partial charge in [0.2, 0.25) is 0 Å². The van der Waals surface area contributed by atoms with Gasteiger partial charge in [-0.2, -0.15) is 0 Å². The first-order valence-electron chi connectivity index (χ1n) is 7.62. The Morgan fingerprint density at radius 3 is 2.29 bits per heavy atom. The van der Waals surface area contributed by atoms with Crippen molar-refractivity contribution in [2.45, 2.75) is 51.1 Å². The predicted octanol–water partition coefficient (Wildman–Crippen LogP) is 3.19. The number of rotatable bonds is 5. The molecule has 1 saturated carbocycles. The highest BCUT2D eigenvalue weighted by atomic mass is 19.4. The van der Waals surface area contributed by atoms with Crippen molar-refractivity contribution in [2.75, 3.05) is 0 Å². The summed E-state index contributed by atoms with van der Waals surface area (Å²) in [6, 6.07) is 4.41. The van der Waals surface area contributed by atoms with Crippen LogP contribution >= 0.6 is 0 Å². The van der Waals surface area contributed by atoms with Gasteiger partial charge in [-0.15, -0.1) is 13.2 Å². The van der Waals surface area contributed by atoms with E-state index in [1.807, 2.05) is 0 Å². The molecule has 1 aromatic carbocycles. The third-order valence-corrected chi connectivity index (χ3v) is 3.68. The van der Waals surface area contributed by atoms with Crippen molar-refractivity contribution in [2.24, 2.45) is 0 Å². The zero-order valence-corrected chi connectivity index (χ0v) is 13.1. The van der Waals surface area contributed by atoms with Gasteiger partial charge in [-0.05, 0) is 44.0 Å². The zero-order valence-electron chi connectivity index (χ0n) is 13.1. The van der Waals surface area contributed by atoms with Crippen molar-refractivity contribution in [3.05, 3.63) is 29.8 Å². The number of halogens is 3. The Morgan fingerprint density at radius 2 is 1.75 bits per heavy atom. The third kappa shape index (κ3) is 5.43. The summed E-state index contributed by atoms with van der Waals surface area (Å²) in [5.74, 6) is -1.61. The number of esters is 1. The molecule has 0 radical (unpaired) electrons. The lowest BCUT2D eigenvalue weighted by Gasteiger charge is -2.17. The SMILES string of the molecule is CC(OC(=O)c1ccc(OC(F)(F)F)cc1)C(=O)NC1CCCC1. The molecule has 0 heterocycles. The monoisotopic (exact) mass is 345 g/mol. The van der Waals surface area contributed by atoms with Gasteiger partial charge in [-0.1, -0.05) is 12.8 Å². The molecule has 1 amide bonds. The Hall–Kier alpha value is -2.25. The van der Waals surface area contributed by atoms with Crippen LogP contribution in [0.4, 0.5) is 13.2 Å². The van der Waals surface area contributed by atoms with Crippen LogP contribution in [0.5, 0.6) is 5.75 Å². The maximum Gasteiger partial charge on any atom is 0.573 e. The number of alkyl halides is 3. The molecule has 8 heteroatoms. The van der Waals surface area contributed by atoms with Crippen LogP contribution in [0.1, 0.15) is 43.0 Å². The quantitative estimate of drug-likeness (QED) is 0.833. The minimum Gasteiger partial charge on any atom is -0.449 e. The molecule has 1 aliphatic carbocycles. The fourth-order valence-electron chi connectivity index (χ4n) is 2.46. The van der Waals surface area contributed by atoms with Crippen LogP contribution in [0.15, 0.2) is 24.3 Å². The molecule has 2 rings (SSSR count). The van der Waals surface area contributed by atoms with Gasteiger partial charge in [0.25, 0.3) is 5.91 Å². The highest BCUT2D eigenvalue weighted by molar-refractivity contribution is 5.92. The fraction of sp³-hybridized carbons (Fsp3) is 0.500. The molecule has 1 aliphatic rings. The molecular weight excluding hydrogens is 327 g/mol. The Bertz CT molecular complexity index is 580. The second-order valence-corrected chi connectivity index (χ2v) is 5.61. The average molecular weight is 345 g/mol. The molecule has 0 spiro atoms. The van der Waals surface area contributed by atoms with Gasteiger partial charge in [0, 0.05) is 6.04 Å². The van der Waals surface area contributed by atoms with Crippen molar-refractivity contribution in [3.8, 4) is 5.75 Å². The number of benzene rings is 1. The van der Waals surface area contributed by atoms with E-state index in [2.05, 4.69) is 10.1 Å². The molecule has 0 bridgehead atoms. The van der Waals surface area contributed by atoms with Crippen LogP contribution in [0.25, 0.3) is 0 Å². The maximum atomic E-state index is 12.1. The molecule has 1 N–H and O–H groups in total. The molecule has 1 aromatic rings. The number of hydrogen-bond acceptors (Lipinski definition) is 4. The summed E-state index contributed by atoms with van der Waals surface area (Å²) in [6.07, 6.45) is -1.84. The van der Waals surface area contributed by atoms with Gasteiger partial charge in [-0.3, -0.25) is 4.79 Å². The summed E-state index contributed by atoms with van der Waals surface area (Å²) in [5, 5.41) is 2.81. The maximum absolute atomic E-state index is 12.1. The second kappa shape index (κ2) is 7.55. The van der Waals surface area contributed by atoms with Gasteiger partial charge in [0.15, 0.2) is 6.10 Å². The van der Waals surface area contributed by atoms with Gasteiger partial charge in [0.1, 0.15) is 5.75 Å². The highest BCUT2D eigenvalue weighted by Crippen LogP contribution is 2.23. The summed E-state index contributed by atoms with van der Waals surface area (Å²) in [7, 11) is 0. The van der Waals surface area contributed by atoms with Crippen molar-refractivity contribution in [3.63, 3.8) is 0 Å². The fourth-order valence-corrected chi connectivity index (χ4v) is 2.46. The minimum atomic E-state index is -4.80. The van der Waals surface area contributed by atoms with E-state index in [1.165, 1.54) is 6.92 Å². The van der Waals surface area contributed by atoms with Crippen molar-refractivity contribution < 1.29 is 32.2 Å². The van der Waals surface area contributed by atoms with Gasteiger partial charge < -0.3 is 14.8 Å². The molecule has 5 nitrogen and oxygen atoms in total. The number of hydrogen-bond donors (Lipinski definition) is 1. The minimum absolute atomic E-state index is 0.0324. The summed E-state index contributed by atoms with van der Waals surface area (Å²) in [5.41, 5.74) is 0.0324. The number of nitrogens with one attached hydrogen (secondary N) is 1. The van der Waals surface area contributed by atoms with E-state index in [9.17, 15) is 22.8 Å². The average Bonchev–Trinajstić information content (AvgIpc) is 2.99. The van der Waals surface area contributed by atoms with E-state index in [0.29, 0.717) is 0 Å². The predicted molar refractivity (Wildman–Crippen MR) is 78.4 cm³/mol. The number of carbonyl (C=O) groups is 2. The molecule has 1 atom stereocenters. The van der Waals surface area contributed by atoms with Crippen LogP contribution in [-0.2, 0) is 9.53 Å². The topological polar surface area (TPSA) is 64.6 Å². The molecule has 1 unspecified atom stereocenters. The third-order valence-electron chi connectivity index (χ3n) is 3.68. The number of carbonyl (C=O) groups excluding carboxylic acids is 2. The van der Waals surface area contributed by atoms with E-state index in [-0.39, 0.29) is 17.5 Å². The zero-order chi connectivity index (χ0) is 17.7. The van der Waals surface area contributed by atoms with Gasteiger partial charge >= 0.3 is 12.3 Å². The van der Waals surface area contributed by atoms with Crippen LogP contribution in [0.2, 0.25) is 0 Å².